The zero-order valence-corrected chi connectivity index (χ0v) is 17.0. The van der Waals surface area contributed by atoms with Crippen molar-refractivity contribution in [1.29, 1.82) is 0 Å². The van der Waals surface area contributed by atoms with Crippen LogP contribution in [0, 0.1) is 5.92 Å². The maximum Gasteiger partial charge on any atom is 0.490 e. The van der Waals surface area contributed by atoms with Crippen LogP contribution in [-0.4, -0.2) is 89.9 Å². The minimum Gasteiger partial charge on any atom is -0.475 e. The summed E-state index contributed by atoms with van der Waals surface area (Å²) < 4.78 is 66.2. The lowest BCUT2D eigenvalue weighted by atomic mass is 9.94. The van der Waals surface area contributed by atoms with Gasteiger partial charge in [0.05, 0.1) is 19.0 Å². The van der Waals surface area contributed by atoms with Crippen molar-refractivity contribution in [3.63, 3.8) is 0 Å². The molecule has 0 radical (unpaired) electrons. The van der Waals surface area contributed by atoms with Gasteiger partial charge < -0.3 is 19.3 Å². The van der Waals surface area contributed by atoms with Crippen LogP contribution in [0.2, 0.25) is 0 Å². The molecule has 2 atom stereocenters. The van der Waals surface area contributed by atoms with Crippen LogP contribution < -0.4 is 0 Å². The van der Waals surface area contributed by atoms with E-state index in [1.54, 1.807) is 17.8 Å². The third-order valence-electron chi connectivity index (χ3n) is 4.87. The number of ether oxygens (including phenoxy) is 1. The van der Waals surface area contributed by atoms with E-state index in [0.29, 0.717) is 25.6 Å². The molecule has 2 fully saturated rings. The number of piperidine rings is 1. The molecule has 2 saturated heterocycles. The number of sulfonamides is 1. The van der Waals surface area contributed by atoms with E-state index < -0.39 is 22.2 Å². The van der Waals surface area contributed by atoms with E-state index in [2.05, 4.69) is 16.8 Å². The number of carboxylic acids is 1. The molecule has 0 spiro atoms. The zero-order valence-electron chi connectivity index (χ0n) is 16.2. The zero-order chi connectivity index (χ0) is 21.8. The maximum absolute atomic E-state index is 12.7. The number of halogens is 3. The largest absolute Gasteiger partial charge is 0.490 e. The van der Waals surface area contributed by atoms with Gasteiger partial charge in [-0.15, -0.1) is 0 Å². The molecule has 3 heterocycles. The van der Waals surface area contributed by atoms with Crippen molar-refractivity contribution in [2.24, 2.45) is 13.0 Å². The number of likely N-dealkylation sites (N-methyl/N-ethyl adjacent to an activating group) is 1. The smallest absolute Gasteiger partial charge is 0.475 e. The first-order valence-corrected chi connectivity index (χ1v) is 10.5. The van der Waals surface area contributed by atoms with Crippen LogP contribution >= 0.6 is 0 Å². The van der Waals surface area contributed by atoms with E-state index in [0.717, 1.165) is 26.1 Å². The minimum atomic E-state index is -5.08. The van der Waals surface area contributed by atoms with Gasteiger partial charge in [0.1, 0.15) is 0 Å². The number of rotatable bonds is 3. The first-order valence-electron chi connectivity index (χ1n) is 9.07. The molecule has 0 aromatic carbocycles. The average molecular weight is 442 g/mol. The summed E-state index contributed by atoms with van der Waals surface area (Å²) in [7, 11) is -1.75. The van der Waals surface area contributed by atoms with Gasteiger partial charge in [0.25, 0.3) is 10.0 Å². The van der Waals surface area contributed by atoms with Gasteiger partial charge in [-0.05, 0) is 13.0 Å². The Morgan fingerprint density at radius 2 is 2.00 bits per heavy atom. The Labute approximate surface area is 167 Å². The molecule has 0 bridgehead atoms. The molecular formula is C16H25F3N4O5S. The van der Waals surface area contributed by atoms with E-state index in [1.165, 1.54) is 10.6 Å². The normalized spacial score (nSPS) is 24.2. The Kier molecular flexibility index (Phi) is 7.65. The van der Waals surface area contributed by atoms with Gasteiger partial charge in [-0.1, -0.05) is 6.92 Å². The van der Waals surface area contributed by atoms with Gasteiger partial charge in [-0.25, -0.2) is 18.2 Å². The predicted octanol–water partition coefficient (Wildman–Crippen LogP) is 0.785. The fraction of sp³-hybridized carbons (Fsp3) is 0.750. The van der Waals surface area contributed by atoms with Crippen LogP contribution in [0.5, 0.6) is 0 Å². The fourth-order valence-electron chi connectivity index (χ4n) is 3.25. The highest BCUT2D eigenvalue weighted by molar-refractivity contribution is 7.89. The summed E-state index contributed by atoms with van der Waals surface area (Å²) in [6, 6.07) is 0. The lowest BCUT2D eigenvalue weighted by Crippen LogP contribution is -2.49. The minimum absolute atomic E-state index is 0.0104. The van der Waals surface area contributed by atoms with Crippen molar-refractivity contribution < 1.29 is 36.2 Å². The number of aromatic nitrogens is 2. The van der Waals surface area contributed by atoms with Crippen LogP contribution in [0.3, 0.4) is 0 Å². The van der Waals surface area contributed by atoms with Gasteiger partial charge in [0.15, 0.2) is 5.03 Å². The van der Waals surface area contributed by atoms with E-state index >= 15 is 0 Å². The third-order valence-corrected chi connectivity index (χ3v) is 6.62. The number of fused-ring (bicyclic) bond motifs is 1. The molecule has 29 heavy (non-hydrogen) atoms. The summed E-state index contributed by atoms with van der Waals surface area (Å²) in [5.41, 5.74) is 0. The summed E-state index contributed by atoms with van der Waals surface area (Å²) in [5.74, 6) is -2.34. The van der Waals surface area contributed by atoms with E-state index in [9.17, 15) is 21.6 Å². The molecule has 2 aliphatic rings. The second kappa shape index (κ2) is 9.41. The van der Waals surface area contributed by atoms with Crippen LogP contribution in [0.15, 0.2) is 17.6 Å². The van der Waals surface area contributed by atoms with Crippen LogP contribution in [-0.2, 0) is 26.6 Å². The standard InChI is InChI=1S/C14H24N4O3S.C2HF3O2/c1-3-17-6-7-21-13-9-18(5-4-12(13)8-17)22(19,20)14-10-16(2)11-15-14;3-2(4,5)1(6)7/h10-13H,3-9H2,1-2H3;(H,6,7)/t12-,13-;/m1./s1. The molecule has 0 unspecified atom stereocenters. The van der Waals surface area contributed by atoms with Crippen molar-refractivity contribution in [1.82, 2.24) is 18.8 Å². The van der Waals surface area contributed by atoms with E-state index in [4.69, 9.17) is 14.6 Å². The molecule has 0 aliphatic carbocycles. The molecule has 3 rings (SSSR count). The van der Waals surface area contributed by atoms with Crippen LogP contribution in [0.1, 0.15) is 13.3 Å². The van der Waals surface area contributed by atoms with Gasteiger partial charge in [0.2, 0.25) is 0 Å². The number of carboxylic acid groups (broad SMARTS) is 1. The Bertz CT molecular complexity index is 799. The summed E-state index contributed by atoms with van der Waals surface area (Å²) in [4.78, 5) is 15.3. The maximum atomic E-state index is 12.7. The second-order valence-corrected chi connectivity index (χ2v) is 8.78. The lowest BCUT2D eigenvalue weighted by Gasteiger charge is -2.36. The highest BCUT2D eigenvalue weighted by Crippen LogP contribution is 2.27. The van der Waals surface area contributed by atoms with E-state index in [1.807, 2.05) is 0 Å². The van der Waals surface area contributed by atoms with Gasteiger partial charge >= 0.3 is 12.1 Å². The van der Waals surface area contributed by atoms with Crippen molar-refractivity contribution in [2.45, 2.75) is 30.7 Å². The number of hydrogen-bond donors (Lipinski definition) is 1. The first kappa shape index (κ1) is 23.6. The number of nitrogens with zero attached hydrogens (tertiary/aromatic N) is 4. The van der Waals surface area contributed by atoms with Crippen LogP contribution in [0.25, 0.3) is 0 Å². The molecule has 1 aromatic heterocycles. The Hall–Kier alpha value is -1.70. The summed E-state index contributed by atoms with van der Waals surface area (Å²) in [6.45, 7) is 6.74. The second-order valence-electron chi connectivity index (χ2n) is 6.89. The molecule has 0 amide bonds. The first-order chi connectivity index (χ1) is 13.4. The Morgan fingerprint density at radius 3 is 2.52 bits per heavy atom. The lowest BCUT2D eigenvalue weighted by molar-refractivity contribution is -0.192. The number of imidazole rings is 1. The van der Waals surface area contributed by atoms with Gasteiger partial charge in [0, 0.05) is 45.3 Å². The highest BCUT2D eigenvalue weighted by atomic mass is 32.2. The van der Waals surface area contributed by atoms with E-state index in [-0.39, 0.29) is 11.1 Å². The summed E-state index contributed by atoms with van der Waals surface area (Å²) in [5, 5.41) is 7.25. The molecule has 2 aliphatic heterocycles. The number of aryl methyl sites for hydroxylation is 1. The molecule has 13 heteroatoms. The SMILES string of the molecule is CCN1CCO[C@@H]2CN(S(=O)(=O)c3cn(C)cn3)CC[C@@H]2C1.O=C(O)C(F)(F)F. The molecular weight excluding hydrogens is 417 g/mol. The summed E-state index contributed by atoms with van der Waals surface area (Å²) >= 11 is 0. The van der Waals surface area contributed by atoms with Crippen molar-refractivity contribution in [2.75, 3.05) is 39.3 Å². The molecule has 0 saturated carbocycles. The fourth-order valence-corrected chi connectivity index (χ4v) is 4.68. The topological polar surface area (TPSA) is 105 Å². The number of aliphatic carboxylic acids is 1. The highest BCUT2D eigenvalue weighted by Gasteiger charge is 2.39. The third kappa shape index (κ3) is 6.14. The predicted molar refractivity (Wildman–Crippen MR) is 95.6 cm³/mol. The molecule has 1 N–H and O–H groups in total. The summed E-state index contributed by atoms with van der Waals surface area (Å²) in [6.07, 6.45) is -1.19. The van der Waals surface area contributed by atoms with Gasteiger partial charge in [-0.3, -0.25) is 0 Å². The number of alkyl halides is 3. The van der Waals surface area contributed by atoms with Crippen molar-refractivity contribution in [3.05, 3.63) is 12.5 Å². The number of carbonyl (C=O) groups is 1. The molecule has 166 valence electrons. The molecule has 9 nitrogen and oxygen atoms in total. The molecule has 1 aromatic rings. The average Bonchev–Trinajstić information content (AvgIpc) is 2.98. The van der Waals surface area contributed by atoms with Crippen molar-refractivity contribution >= 4 is 16.0 Å². The Morgan fingerprint density at radius 1 is 1.34 bits per heavy atom. The quantitative estimate of drug-likeness (QED) is 0.738. The van der Waals surface area contributed by atoms with Crippen LogP contribution in [0.4, 0.5) is 13.2 Å². The van der Waals surface area contributed by atoms with Crippen molar-refractivity contribution in [3.8, 4) is 0 Å². The number of hydrogen-bond acceptors (Lipinski definition) is 6. The van der Waals surface area contributed by atoms with Gasteiger partial charge in [-0.2, -0.15) is 17.5 Å². The Balaban J connectivity index is 0.000000370. The monoisotopic (exact) mass is 442 g/mol.